The second-order valence-electron chi connectivity index (χ2n) is 8.99. The van der Waals surface area contributed by atoms with Crippen molar-refractivity contribution in [2.45, 2.75) is 30.2 Å². The standard InChI is InChI=1S/C28H31ClN2O5S/c1-30(37(33,34)27-12-7-23(29)8-13-27)24-15-18-31(19-16-24)17-3-21-36-26-9-5-22(6-10-26)28(32)14-11-25-4-2-20-35-25/h2,4-14,20,24H,3,15-19,21H2,1H3. The van der Waals surface area contributed by atoms with Gasteiger partial charge in [0.15, 0.2) is 5.78 Å². The highest BCUT2D eigenvalue weighted by Crippen LogP contribution is 2.24. The number of hydrogen-bond acceptors (Lipinski definition) is 6. The lowest BCUT2D eigenvalue weighted by Gasteiger charge is -2.36. The number of allylic oxidation sites excluding steroid dienone is 1. The van der Waals surface area contributed by atoms with Gasteiger partial charge < -0.3 is 14.1 Å². The van der Waals surface area contributed by atoms with E-state index in [1.807, 2.05) is 0 Å². The summed E-state index contributed by atoms with van der Waals surface area (Å²) in [6.45, 7) is 3.13. The summed E-state index contributed by atoms with van der Waals surface area (Å²) < 4.78 is 38.4. The average Bonchev–Trinajstić information content (AvgIpc) is 3.44. The first-order valence-corrected chi connectivity index (χ1v) is 14.1. The van der Waals surface area contributed by atoms with Crippen molar-refractivity contribution in [1.82, 2.24) is 9.21 Å². The van der Waals surface area contributed by atoms with Gasteiger partial charge in [-0.2, -0.15) is 4.31 Å². The lowest BCUT2D eigenvalue weighted by molar-refractivity contribution is 0.104. The normalized spacial score (nSPS) is 15.4. The molecule has 1 fully saturated rings. The highest BCUT2D eigenvalue weighted by atomic mass is 35.5. The topological polar surface area (TPSA) is 80.1 Å². The fraction of sp³-hybridized carbons (Fsp3) is 0.321. The third kappa shape index (κ3) is 7.32. The van der Waals surface area contributed by atoms with Crippen LogP contribution in [0, 0.1) is 0 Å². The van der Waals surface area contributed by atoms with Gasteiger partial charge in [0.25, 0.3) is 0 Å². The third-order valence-electron chi connectivity index (χ3n) is 6.53. The van der Waals surface area contributed by atoms with Gasteiger partial charge in [0, 0.05) is 30.2 Å². The summed E-state index contributed by atoms with van der Waals surface area (Å²) in [5.74, 6) is 1.25. The molecule has 0 N–H and O–H groups in total. The van der Waals surface area contributed by atoms with Gasteiger partial charge in [-0.15, -0.1) is 0 Å². The second-order valence-corrected chi connectivity index (χ2v) is 11.4. The van der Waals surface area contributed by atoms with E-state index in [0.29, 0.717) is 23.0 Å². The third-order valence-corrected chi connectivity index (χ3v) is 8.71. The first-order valence-electron chi connectivity index (χ1n) is 12.3. The Kier molecular flexibility index (Phi) is 9.21. The fourth-order valence-electron chi connectivity index (χ4n) is 4.31. The van der Waals surface area contributed by atoms with Crippen molar-refractivity contribution >= 4 is 33.5 Å². The number of piperidine rings is 1. The Morgan fingerprint density at radius 3 is 2.46 bits per heavy atom. The maximum Gasteiger partial charge on any atom is 0.243 e. The average molecular weight is 543 g/mol. The fourth-order valence-corrected chi connectivity index (χ4v) is 5.85. The molecule has 37 heavy (non-hydrogen) atoms. The monoisotopic (exact) mass is 542 g/mol. The summed E-state index contributed by atoms with van der Waals surface area (Å²) in [5.41, 5.74) is 0.584. The molecule has 0 atom stereocenters. The van der Waals surface area contributed by atoms with Gasteiger partial charge in [-0.05, 0) is 105 Å². The number of carbonyl (C=O) groups is 1. The van der Waals surface area contributed by atoms with E-state index in [4.69, 9.17) is 20.8 Å². The highest BCUT2D eigenvalue weighted by Gasteiger charge is 2.30. The number of likely N-dealkylation sites (tertiary alicyclic amines) is 1. The number of ether oxygens (including phenoxy) is 1. The van der Waals surface area contributed by atoms with E-state index in [-0.39, 0.29) is 16.7 Å². The van der Waals surface area contributed by atoms with Crippen LogP contribution in [0.1, 0.15) is 35.4 Å². The number of nitrogens with zero attached hydrogens (tertiary/aromatic N) is 2. The number of furan rings is 1. The van der Waals surface area contributed by atoms with Gasteiger partial charge in [0.1, 0.15) is 11.5 Å². The van der Waals surface area contributed by atoms with Crippen LogP contribution in [0.15, 0.2) is 82.3 Å². The molecule has 1 aromatic heterocycles. The smallest absolute Gasteiger partial charge is 0.243 e. The Hall–Kier alpha value is -2.91. The maximum atomic E-state index is 12.9. The lowest BCUT2D eigenvalue weighted by Crippen LogP contribution is -2.45. The van der Waals surface area contributed by atoms with E-state index in [1.54, 1.807) is 80.1 Å². The van der Waals surface area contributed by atoms with Crippen LogP contribution in [0.5, 0.6) is 5.75 Å². The molecule has 3 aromatic rings. The summed E-state index contributed by atoms with van der Waals surface area (Å²) >= 11 is 5.90. The van der Waals surface area contributed by atoms with Crippen LogP contribution >= 0.6 is 11.6 Å². The van der Waals surface area contributed by atoms with Crippen molar-refractivity contribution in [3.8, 4) is 5.75 Å². The zero-order valence-corrected chi connectivity index (χ0v) is 22.3. The van der Waals surface area contributed by atoms with Gasteiger partial charge in [0.05, 0.1) is 17.8 Å². The largest absolute Gasteiger partial charge is 0.494 e. The molecule has 196 valence electrons. The molecule has 0 bridgehead atoms. The SMILES string of the molecule is CN(C1CCN(CCCOc2ccc(C(=O)C=Cc3ccco3)cc2)CC1)S(=O)(=O)c1ccc(Cl)cc1. The van der Waals surface area contributed by atoms with E-state index in [1.165, 1.54) is 10.4 Å². The van der Waals surface area contributed by atoms with Crippen LogP contribution in [0.2, 0.25) is 5.02 Å². The van der Waals surface area contributed by atoms with Crippen LogP contribution in [-0.2, 0) is 10.0 Å². The molecule has 0 aliphatic carbocycles. The van der Waals surface area contributed by atoms with Gasteiger partial charge in [-0.1, -0.05) is 11.6 Å². The number of halogens is 1. The van der Waals surface area contributed by atoms with Crippen LogP contribution < -0.4 is 4.74 Å². The molecule has 2 aromatic carbocycles. The van der Waals surface area contributed by atoms with E-state index < -0.39 is 10.0 Å². The van der Waals surface area contributed by atoms with Gasteiger partial charge >= 0.3 is 0 Å². The summed E-state index contributed by atoms with van der Waals surface area (Å²) in [5, 5.41) is 0.514. The minimum Gasteiger partial charge on any atom is -0.494 e. The molecule has 1 aliphatic heterocycles. The van der Waals surface area contributed by atoms with Crippen molar-refractivity contribution in [2.75, 3.05) is 33.3 Å². The number of ketones is 1. The van der Waals surface area contributed by atoms with Gasteiger partial charge in [-0.25, -0.2) is 8.42 Å². The Labute approximate surface area is 223 Å². The molecule has 1 aliphatic rings. The molecule has 7 nitrogen and oxygen atoms in total. The molecule has 9 heteroatoms. The van der Waals surface area contributed by atoms with E-state index in [2.05, 4.69) is 4.90 Å². The van der Waals surface area contributed by atoms with Crippen LogP contribution in [0.3, 0.4) is 0 Å². The van der Waals surface area contributed by atoms with Crippen LogP contribution in [0.4, 0.5) is 0 Å². The summed E-state index contributed by atoms with van der Waals surface area (Å²) in [7, 11) is -1.88. The zero-order valence-electron chi connectivity index (χ0n) is 20.8. The van der Waals surface area contributed by atoms with Crippen LogP contribution in [0.25, 0.3) is 6.08 Å². The number of sulfonamides is 1. The van der Waals surface area contributed by atoms with E-state index in [0.717, 1.165) is 44.6 Å². The number of rotatable bonds is 11. The minimum absolute atomic E-state index is 0.0247. The Bertz CT molecular complexity index is 1280. The van der Waals surface area contributed by atoms with Gasteiger partial charge in [0.2, 0.25) is 10.0 Å². The number of benzene rings is 2. The predicted octanol–water partition coefficient (Wildman–Crippen LogP) is 5.38. The van der Waals surface area contributed by atoms with E-state index in [9.17, 15) is 13.2 Å². The Morgan fingerprint density at radius 1 is 1.11 bits per heavy atom. The maximum absolute atomic E-state index is 12.9. The molecule has 0 saturated carbocycles. The first kappa shape index (κ1) is 27.1. The molecule has 2 heterocycles. The summed E-state index contributed by atoms with van der Waals surface area (Å²) in [4.78, 5) is 14.9. The molecule has 4 rings (SSSR count). The lowest BCUT2D eigenvalue weighted by atomic mass is 10.1. The first-order chi connectivity index (χ1) is 17.8. The Balaban J connectivity index is 1.16. The van der Waals surface area contributed by atoms with E-state index >= 15 is 0 Å². The molecule has 0 unspecified atom stereocenters. The van der Waals surface area contributed by atoms with Crippen molar-refractivity contribution in [3.63, 3.8) is 0 Å². The zero-order chi connectivity index (χ0) is 26.3. The van der Waals surface area contributed by atoms with Crippen LogP contribution in [-0.4, -0.2) is 62.7 Å². The molecule has 1 saturated heterocycles. The summed E-state index contributed by atoms with van der Waals surface area (Å²) in [6, 6.07) is 16.9. The molecule has 0 amide bonds. The van der Waals surface area contributed by atoms with Crippen molar-refractivity contribution in [3.05, 3.63) is 89.3 Å². The molecule has 0 spiro atoms. The molecular formula is C28H31ClN2O5S. The predicted molar refractivity (Wildman–Crippen MR) is 144 cm³/mol. The Morgan fingerprint density at radius 2 is 1.81 bits per heavy atom. The number of carbonyl (C=O) groups excluding carboxylic acids is 1. The molecular weight excluding hydrogens is 512 g/mol. The minimum atomic E-state index is -3.54. The molecule has 0 radical (unpaired) electrons. The van der Waals surface area contributed by atoms with Gasteiger partial charge in [-0.3, -0.25) is 4.79 Å². The summed E-state index contributed by atoms with van der Waals surface area (Å²) in [6.07, 6.45) is 7.13. The second kappa shape index (κ2) is 12.6. The number of hydrogen-bond donors (Lipinski definition) is 0. The van der Waals surface area contributed by atoms with Crippen molar-refractivity contribution < 1.29 is 22.4 Å². The quantitative estimate of drug-likeness (QED) is 0.184. The van der Waals surface area contributed by atoms with Crippen molar-refractivity contribution in [1.29, 1.82) is 0 Å². The van der Waals surface area contributed by atoms with Crippen molar-refractivity contribution in [2.24, 2.45) is 0 Å². The highest BCUT2D eigenvalue weighted by molar-refractivity contribution is 7.89.